The van der Waals surface area contributed by atoms with Gasteiger partial charge in [0.1, 0.15) is 0 Å². The van der Waals surface area contributed by atoms with Crippen LogP contribution in [-0.4, -0.2) is 12.2 Å². The molecule has 0 heterocycles. The predicted molar refractivity (Wildman–Crippen MR) is 72.4 cm³/mol. The number of benzene rings is 2. The molecule has 0 aliphatic heterocycles. The second kappa shape index (κ2) is 5.41. The lowest BCUT2D eigenvalue weighted by Gasteiger charge is -2.18. The SMILES string of the molecule is CC(CC(F)(F)F)Nc1ccc(C#N)c2ccccc12. The van der Waals surface area contributed by atoms with Crippen LogP contribution >= 0.6 is 0 Å². The molecule has 104 valence electrons. The molecule has 0 aliphatic carbocycles. The van der Waals surface area contributed by atoms with Crippen LogP contribution in [0.15, 0.2) is 36.4 Å². The van der Waals surface area contributed by atoms with Crippen molar-refractivity contribution in [2.75, 3.05) is 5.32 Å². The van der Waals surface area contributed by atoms with Gasteiger partial charge in [-0.1, -0.05) is 24.3 Å². The summed E-state index contributed by atoms with van der Waals surface area (Å²) in [6.07, 6.45) is -5.10. The van der Waals surface area contributed by atoms with Crippen molar-refractivity contribution in [1.29, 1.82) is 5.26 Å². The first-order valence-corrected chi connectivity index (χ1v) is 6.16. The molecule has 1 atom stereocenters. The van der Waals surface area contributed by atoms with E-state index in [9.17, 15) is 13.2 Å². The molecule has 0 aliphatic rings. The standard InChI is InChI=1S/C15H13F3N2/c1-10(8-15(16,17)18)20-14-7-6-11(9-19)12-4-2-3-5-13(12)14/h2-7,10,20H,8H2,1H3. The van der Waals surface area contributed by atoms with Crippen molar-refractivity contribution in [3.05, 3.63) is 42.0 Å². The molecule has 0 spiro atoms. The van der Waals surface area contributed by atoms with Crippen molar-refractivity contribution in [1.82, 2.24) is 0 Å². The molecule has 20 heavy (non-hydrogen) atoms. The summed E-state index contributed by atoms with van der Waals surface area (Å²) < 4.78 is 37.1. The van der Waals surface area contributed by atoms with Gasteiger partial charge in [-0.3, -0.25) is 0 Å². The Hall–Kier alpha value is -2.22. The molecule has 0 bridgehead atoms. The molecule has 1 unspecified atom stereocenters. The number of hydrogen-bond donors (Lipinski definition) is 1. The quantitative estimate of drug-likeness (QED) is 0.899. The predicted octanol–water partition coefficient (Wildman–Crippen LogP) is 4.46. The minimum Gasteiger partial charge on any atom is -0.382 e. The zero-order valence-electron chi connectivity index (χ0n) is 10.8. The van der Waals surface area contributed by atoms with Gasteiger partial charge in [-0.05, 0) is 19.1 Å². The fourth-order valence-electron chi connectivity index (χ4n) is 2.19. The summed E-state index contributed by atoms with van der Waals surface area (Å²) >= 11 is 0. The zero-order chi connectivity index (χ0) is 14.8. The Kier molecular flexibility index (Phi) is 3.84. The Bertz CT molecular complexity index is 656. The van der Waals surface area contributed by atoms with Crippen molar-refractivity contribution >= 4 is 16.5 Å². The molecule has 0 amide bonds. The largest absolute Gasteiger partial charge is 0.391 e. The minimum atomic E-state index is -4.20. The van der Waals surface area contributed by atoms with E-state index in [-0.39, 0.29) is 0 Å². The van der Waals surface area contributed by atoms with E-state index in [1.54, 1.807) is 36.4 Å². The number of anilines is 1. The third kappa shape index (κ3) is 3.21. The zero-order valence-corrected chi connectivity index (χ0v) is 10.8. The highest BCUT2D eigenvalue weighted by Gasteiger charge is 2.30. The molecular formula is C15H13F3N2. The van der Waals surface area contributed by atoms with Crippen molar-refractivity contribution in [2.45, 2.75) is 25.6 Å². The van der Waals surface area contributed by atoms with Crippen LogP contribution in [0.1, 0.15) is 18.9 Å². The maximum absolute atomic E-state index is 12.4. The summed E-state index contributed by atoms with van der Waals surface area (Å²) in [5, 5.41) is 13.4. The Morgan fingerprint density at radius 1 is 1.15 bits per heavy atom. The number of nitriles is 1. The van der Waals surface area contributed by atoms with E-state index in [0.717, 1.165) is 10.8 Å². The molecule has 0 saturated heterocycles. The summed E-state index contributed by atoms with van der Waals surface area (Å²) in [6.45, 7) is 1.49. The van der Waals surface area contributed by atoms with E-state index in [1.807, 2.05) is 0 Å². The lowest BCUT2D eigenvalue weighted by atomic mass is 10.0. The molecule has 5 heteroatoms. The van der Waals surface area contributed by atoms with Crippen LogP contribution in [0, 0.1) is 11.3 Å². The number of nitrogens with one attached hydrogen (secondary N) is 1. The first-order chi connectivity index (χ1) is 9.40. The van der Waals surface area contributed by atoms with Crippen molar-refractivity contribution in [3.8, 4) is 6.07 Å². The number of alkyl halides is 3. The number of hydrogen-bond acceptors (Lipinski definition) is 2. The van der Waals surface area contributed by atoms with Gasteiger partial charge in [0, 0.05) is 22.5 Å². The molecule has 1 N–H and O–H groups in total. The molecule has 2 rings (SSSR count). The fourth-order valence-corrected chi connectivity index (χ4v) is 2.19. The van der Waals surface area contributed by atoms with Crippen molar-refractivity contribution in [2.24, 2.45) is 0 Å². The summed E-state index contributed by atoms with van der Waals surface area (Å²) in [7, 11) is 0. The average Bonchev–Trinajstić information content (AvgIpc) is 2.37. The van der Waals surface area contributed by atoms with Gasteiger partial charge in [0.2, 0.25) is 0 Å². The topological polar surface area (TPSA) is 35.8 Å². The van der Waals surface area contributed by atoms with Gasteiger partial charge in [-0.25, -0.2) is 0 Å². The highest BCUT2D eigenvalue weighted by Crippen LogP contribution is 2.29. The first-order valence-electron chi connectivity index (χ1n) is 6.16. The number of fused-ring (bicyclic) bond motifs is 1. The number of rotatable bonds is 3. The Morgan fingerprint density at radius 2 is 1.80 bits per heavy atom. The van der Waals surface area contributed by atoms with Crippen LogP contribution in [0.2, 0.25) is 0 Å². The van der Waals surface area contributed by atoms with Gasteiger partial charge < -0.3 is 5.32 Å². The summed E-state index contributed by atoms with van der Waals surface area (Å²) in [6, 6.07) is 11.8. The average molecular weight is 278 g/mol. The Balaban J connectivity index is 2.34. The fraction of sp³-hybridized carbons (Fsp3) is 0.267. The molecule has 0 fully saturated rings. The van der Waals surface area contributed by atoms with Crippen LogP contribution < -0.4 is 5.32 Å². The lowest BCUT2D eigenvalue weighted by molar-refractivity contribution is -0.136. The second-order valence-corrected chi connectivity index (χ2v) is 4.68. The Morgan fingerprint density at radius 3 is 2.40 bits per heavy atom. The first kappa shape index (κ1) is 14.2. The molecule has 0 saturated carbocycles. The summed E-state index contributed by atoms with van der Waals surface area (Å²) in [5.41, 5.74) is 1.12. The van der Waals surface area contributed by atoms with Gasteiger partial charge in [-0.2, -0.15) is 18.4 Å². The van der Waals surface area contributed by atoms with Gasteiger partial charge in [0.15, 0.2) is 0 Å². The van der Waals surface area contributed by atoms with Crippen LogP contribution in [-0.2, 0) is 0 Å². The van der Waals surface area contributed by atoms with Crippen LogP contribution in [0.25, 0.3) is 10.8 Å². The van der Waals surface area contributed by atoms with Gasteiger partial charge in [0.25, 0.3) is 0 Å². The molecule has 0 aromatic heterocycles. The normalized spacial score (nSPS) is 12.9. The van der Waals surface area contributed by atoms with E-state index in [0.29, 0.717) is 11.3 Å². The smallest absolute Gasteiger partial charge is 0.382 e. The van der Waals surface area contributed by atoms with E-state index < -0.39 is 18.6 Å². The number of nitrogens with zero attached hydrogens (tertiary/aromatic N) is 1. The second-order valence-electron chi connectivity index (χ2n) is 4.68. The number of halogens is 3. The van der Waals surface area contributed by atoms with E-state index in [1.165, 1.54) is 6.92 Å². The maximum atomic E-state index is 12.4. The molecule has 2 nitrogen and oxygen atoms in total. The van der Waals surface area contributed by atoms with Gasteiger partial charge in [0.05, 0.1) is 18.1 Å². The maximum Gasteiger partial charge on any atom is 0.391 e. The van der Waals surface area contributed by atoms with Crippen LogP contribution in [0.4, 0.5) is 18.9 Å². The molecule has 2 aromatic rings. The van der Waals surface area contributed by atoms with Crippen molar-refractivity contribution < 1.29 is 13.2 Å². The highest BCUT2D eigenvalue weighted by atomic mass is 19.4. The third-order valence-electron chi connectivity index (χ3n) is 2.98. The molecule has 0 radical (unpaired) electrons. The van der Waals surface area contributed by atoms with Gasteiger partial charge >= 0.3 is 6.18 Å². The molecular weight excluding hydrogens is 265 g/mol. The lowest BCUT2D eigenvalue weighted by Crippen LogP contribution is -2.23. The van der Waals surface area contributed by atoms with Crippen LogP contribution in [0.3, 0.4) is 0 Å². The summed E-state index contributed by atoms with van der Waals surface area (Å²) in [4.78, 5) is 0. The van der Waals surface area contributed by atoms with E-state index >= 15 is 0 Å². The highest BCUT2D eigenvalue weighted by molar-refractivity contribution is 5.97. The monoisotopic (exact) mass is 278 g/mol. The minimum absolute atomic E-state index is 0.509. The van der Waals surface area contributed by atoms with Crippen molar-refractivity contribution in [3.63, 3.8) is 0 Å². The summed E-state index contributed by atoms with van der Waals surface area (Å²) in [5.74, 6) is 0. The third-order valence-corrected chi connectivity index (χ3v) is 2.98. The van der Waals surface area contributed by atoms with E-state index in [4.69, 9.17) is 5.26 Å². The Labute approximate surface area is 114 Å². The molecule has 2 aromatic carbocycles. The van der Waals surface area contributed by atoms with Gasteiger partial charge in [-0.15, -0.1) is 0 Å². The van der Waals surface area contributed by atoms with Crippen LogP contribution in [0.5, 0.6) is 0 Å². The van der Waals surface area contributed by atoms with E-state index in [2.05, 4.69) is 11.4 Å².